The van der Waals surface area contributed by atoms with Crippen LogP contribution in [0.4, 0.5) is 5.69 Å². The molecule has 8 nitrogen and oxygen atoms in total. The van der Waals surface area contributed by atoms with Crippen LogP contribution in [0.15, 0.2) is 48.5 Å². The van der Waals surface area contributed by atoms with Crippen molar-refractivity contribution < 1.29 is 19.5 Å². The molecule has 2 aromatic rings. The first-order chi connectivity index (χ1) is 17.7. The fourth-order valence-electron chi connectivity index (χ4n) is 4.90. The first-order valence-corrected chi connectivity index (χ1v) is 13.3. The number of carbonyl (C=O) groups is 3. The summed E-state index contributed by atoms with van der Waals surface area (Å²) in [5.41, 5.74) is 3.21. The molecule has 1 fully saturated rings. The quantitative estimate of drug-likeness (QED) is 0.395. The fraction of sp³-hybridized carbons (Fsp3) is 0.393. The Bertz CT molecular complexity index is 1210. The third kappa shape index (κ3) is 5.76. The highest BCUT2D eigenvalue weighted by Crippen LogP contribution is 2.39. The minimum absolute atomic E-state index is 0.0452. The average Bonchev–Trinajstić information content (AvgIpc) is 3.50. The molecule has 3 amide bonds. The van der Waals surface area contributed by atoms with E-state index in [1.165, 1.54) is 16.7 Å². The molecule has 0 saturated carbocycles. The number of terminal acetylenes is 1. The smallest absolute Gasteiger partial charge is 0.254 e. The molecule has 37 heavy (non-hydrogen) atoms. The van der Waals surface area contributed by atoms with Crippen LogP contribution in [0, 0.1) is 12.3 Å². The third-order valence-electron chi connectivity index (χ3n) is 6.80. The first-order valence-electron chi connectivity index (χ1n) is 12.3. The van der Waals surface area contributed by atoms with Crippen LogP contribution in [0.5, 0.6) is 0 Å². The molecular weight excluding hydrogens is 488 g/mol. The van der Waals surface area contributed by atoms with Gasteiger partial charge < -0.3 is 26.0 Å². The van der Waals surface area contributed by atoms with Crippen molar-refractivity contribution in [2.24, 2.45) is 0 Å². The van der Waals surface area contributed by atoms with Crippen LogP contribution in [-0.4, -0.2) is 69.6 Å². The molecule has 2 aliphatic rings. The zero-order valence-electron chi connectivity index (χ0n) is 21.0. The van der Waals surface area contributed by atoms with E-state index in [1.807, 2.05) is 56.3 Å². The predicted octanol–water partition coefficient (Wildman–Crippen LogP) is 1.79. The lowest BCUT2D eigenvalue weighted by Crippen LogP contribution is -2.58. The van der Waals surface area contributed by atoms with Crippen LogP contribution in [0.2, 0.25) is 0 Å². The number of hydrogen-bond acceptors (Lipinski definition) is 6. The molecule has 2 aliphatic heterocycles. The Hall–Kier alpha value is -3.48. The van der Waals surface area contributed by atoms with E-state index < -0.39 is 28.8 Å². The molecule has 2 aromatic carbocycles. The van der Waals surface area contributed by atoms with Crippen molar-refractivity contribution in [2.75, 3.05) is 24.3 Å². The van der Waals surface area contributed by atoms with Gasteiger partial charge in [0, 0.05) is 22.5 Å². The van der Waals surface area contributed by atoms with Gasteiger partial charge in [0.05, 0.1) is 18.5 Å². The Morgan fingerprint density at radius 2 is 1.97 bits per heavy atom. The number of fused-ring (bicyclic) bond motifs is 1. The summed E-state index contributed by atoms with van der Waals surface area (Å²) in [6.07, 6.45) is 4.70. The molecule has 4 rings (SSSR count). The van der Waals surface area contributed by atoms with Gasteiger partial charge in [-0.15, -0.1) is 18.2 Å². The Labute approximate surface area is 221 Å². The Morgan fingerprint density at radius 1 is 1.22 bits per heavy atom. The number of carbonyl (C=O) groups excluding carboxylic acids is 3. The second-order valence-corrected chi connectivity index (χ2v) is 11.3. The summed E-state index contributed by atoms with van der Waals surface area (Å²) in [6.45, 7) is 4.55. The highest BCUT2D eigenvalue weighted by molar-refractivity contribution is 8.00. The summed E-state index contributed by atoms with van der Waals surface area (Å²) in [4.78, 5) is 41.3. The summed E-state index contributed by atoms with van der Waals surface area (Å²) in [5, 5.41) is 20.2. The number of thioether (sulfide) groups is 1. The second kappa shape index (κ2) is 11.3. The largest absolute Gasteiger partial charge is 0.384 e. The Morgan fingerprint density at radius 3 is 2.70 bits per heavy atom. The number of nitrogens with one attached hydrogen (secondary N) is 3. The number of aliphatic hydroxyl groups is 1. The number of hydrogen-bond donors (Lipinski definition) is 4. The fourth-order valence-corrected chi connectivity index (χ4v) is 6.04. The zero-order chi connectivity index (χ0) is 26.6. The standard InChI is InChI=1S/C28H32N4O4S/c1-4-14-30-26(35)24-28(2,3)37-17-32(24)27(36)23(33)22(16-18-9-6-5-7-10-18)31-25(34)20-11-8-12-21-19(20)13-15-29-21/h1,5-12,22-24,29,33H,13-17H2,2-3H3,(H,30,35)(H,31,34)/t22-,23-,24+/m0/s1. The molecule has 0 aliphatic carbocycles. The summed E-state index contributed by atoms with van der Waals surface area (Å²) in [6, 6.07) is 13.1. The predicted molar refractivity (Wildman–Crippen MR) is 145 cm³/mol. The average molecular weight is 521 g/mol. The number of nitrogens with zero attached hydrogens (tertiary/aromatic N) is 1. The van der Waals surface area contributed by atoms with E-state index in [-0.39, 0.29) is 30.7 Å². The van der Waals surface area contributed by atoms with Crippen molar-refractivity contribution in [3.05, 3.63) is 65.2 Å². The number of rotatable bonds is 8. The maximum Gasteiger partial charge on any atom is 0.254 e. The van der Waals surface area contributed by atoms with Gasteiger partial charge in [-0.05, 0) is 49.9 Å². The van der Waals surface area contributed by atoms with E-state index in [4.69, 9.17) is 6.42 Å². The molecule has 1 saturated heterocycles. The molecule has 0 unspecified atom stereocenters. The molecule has 3 atom stereocenters. The maximum atomic E-state index is 13.6. The van der Waals surface area contributed by atoms with E-state index in [0.717, 1.165) is 29.8 Å². The van der Waals surface area contributed by atoms with Crippen molar-refractivity contribution >= 4 is 35.2 Å². The van der Waals surface area contributed by atoms with Crippen molar-refractivity contribution in [3.63, 3.8) is 0 Å². The lowest BCUT2D eigenvalue weighted by Gasteiger charge is -2.33. The summed E-state index contributed by atoms with van der Waals surface area (Å²) in [5.74, 6) is 1.27. The summed E-state index contributed by atoms with van der Waals surface area (Å²) < 4.78 is -0.580. The topological polar surface area (TPSA) is 111 Å². The molecule has 0 spiro atoms. The Kier molecular flexibility index (Phi) is 8.10. The number of amides is 3. The zero-order valence-corrected chi connectivity index (χ0v) is 21.8. The van der Waals surface area contributed by atoms with Gasteiger partial charge in [-0.1, -0.05) is 42.3 Å². The number of aliphatic hydroxyl groups excluding tert-OH is 1. The van der Waals surface area contributed by atoms with Crippen LogP contribution in [0.1, 0.15) is 35.3 Å². The van der Waals surface area contributed by atoms with E-state index in [9.17, 15) is 19.5 Å². The summed E-state index contributed by atoms with van der Waals surface area (Å²) >= 11 is 1.45. The van der Waals surface area contributed by atoms with E-state index >= 15 is 0 Å². The van der Waals surface area contributed by atoms with Crippen LogP contribution < -0.4 is 16.0 Å². The van der Waals surface area contributed by atoms with Crippen LogP contribution in [-0.2, 0) is 22.4 Å². The van der Waals surface area contributed by atoms with Gasteiger partial charge in [0.1, 0.15) is 6.04 Å². The van der Waals surface area contributed by atoms with Crippen molar-refractivity contribution in [2.45, 2.75) is 49.6 Å². The van der Waals surface area contributed by atoms with E-state index in [1.54, 1.807) is 6.07 Å². The van der Waals surface area contributed by atoms with E-state index in [2.05, 4.69) is 21.9 Å². The normalized spacial score (nSPS) is 19.2. The Balaban J connectivity index is 1.59. The minimum atomic E-state index is -1.56. The molecular formula is C28H32N4O4S. The molecule has 9 heteroatoms. The van der Waals surface area contributed by atoms with Gasteiger partial charge in [0.25, 0.3) is 11.8 Å². The lowest BCUT2D eigenvalue weighted by atomic mass is 9.96. The van der Waals surface area contributed by atoms with Gasteiger partial charge in [0.2, 0.25) is 5.91 Å². The lowest BCUT2D eigenvalue weighted by molar-refractivity contribution is -0.147. The molecule has 194 valence electrons. The number of benzene rings is 2. The first kappa shape index (κ1) is 26.6. The van der Waals surface area contributed by atoms with Gasteiger partial charge in [-0.25, -0.2) is 0 Å². The van der Waals surface area contributed by atoms with E-state index in [0.29, 0.717) is 5.56 Å². The second-order valence-electron chi connectivity index (χ2n) is 9.73. The van der Waals surface area contributed by atoms with Gasteiger partial charge in [-0.2, -0.15) is 0 Å². The molecule has 4 N–H and O–H groups in total. The minimum Gasteiger partial charge on any atom is -0.384 e. The van der Waals surface area contributed by atoms with Crippen LogP contribution in [0.3, 0.4) is 0 Å². The maximum absolute atomic E-state index is 13.6. The van der Waals surface area contributed by atoms with Gasteiger partial charge >= 0.3 is 0 Å². The van der Waals surface area contributed by atoms with Crippen molar-refractivity contribution in [1.82, 2.24) is 15.5 Å². The highest BCUT2D eigenvalue weighted by Gasteiger charge is 2.49. The molecule has 0 bridgehead atoms. The highest BCUT2D eigenvalue weighted by atomic mass is 32.2. The molecule has 0 aromatic heterocycles. The van der Waals surface area contributed by atoms with Crippen LogP contribution in [0.25, 0.3) is 0 Å². The molecule has 2 heterocycles. The number of anilines is 1. The van der Waals surface area contributed by atoms with Gasteiger partial charge in [-0.3, -0.25) is 14.4 Å². The molecule has 0 radical (unpaired) electrons. The van der Waals surface area contributed by atoms with Gasteiger partial charge in [0.15, 0.2) is 6.10 Å². The third-order valence-corrected chi connectivity index (χ3v) is 8.18. The van der Waals surface area contributed by atoms with Crippen molar-refractivity contribution in [1.29, 1.82) is 0 Å². The van der Waals surface area contributed by atoms with Crippen LogP contribution >= 0.6 is 11.8 Å². The van der Waals surface area contributed by atoms with Crippen molar-refractivity contribution in [3.8, 4) is 12.3 Å². The summed E-state index contributed by atoms with van der Waals surface area (Å²) in [7, 11) is 0. The monoisotopic (exact) mass is 520 g/mol. The SMILES string of the molecule is C#CCNC(=O)[C@H]1N(C(=O)[C@@H](O)[C@H](Cc2ccccc2)NC(=O)c2cccc3c2CCN3)CSC1(C)C.